The zero-order valence-electron chi connectivity index (χ0n) is 16.0. The first-order chi connectivity index (χ1) is 13.5. The lowest BCUT2D eigenvalue weighted by atomic mass is 10.1. The van der Waals surface area contributed by atoms with E-state index < -0.39 is 0 Å². The third kappa shape index (κ3) is 5.82. The summed E-state index contributed by atoms with van der Waals surface area (Å²) in [6.07, 6.45) is 5.05. The Morgan fingerprint density at radius 1 is 1.10 bits per heavy atom. The number of aliphatic hydroxyl groups is 1. The van der Waals surface area contributed by atoms with Crippen LogP contribution in [0, 0.1) is 0 Å². The number of hydrogen-bond acceptors (Lipinski definition) is 5. The van der Waals surface area contributed by atoms with Gasteiger partial charge >= 0.3 is 0 Å². The van der Waals surface area contributed by atoms with Crippen LogP contribution in [0.2, 0.25) is 10.0 Å². The van der Waals surface area contributed by atoms with Crippen molar-refractivity contribution in [3.63, 3.8) is 0 Å². The SMILES string of the molecule is N.NCCCCCCc1nn(-c2ccc(Cl)cc2Cl)c(-c2ccc(Br)s2)c1CO. The van der Waals surface area contributed by atoms with Crippen LogP contribution < -0.4 is 11.9 Å². The maximum atomic E-state index is 10.2. The molecule has 0 amide bonds. The molecule has 0 radical (unpaired) electrons. The zero-order chi connectivity index (χ0) is 20.1. The highest BCUT2D eigenvalue weighted by Gasteiger charge is 2.22. The summed E-state index contributed by atoms with van der Waals surface area (Å²) in [5.74, 6) is 0. The van der Waals surface area contributed by atoms with Gasteiger partial charge in [-0.3, -0.25) is 0 Å². The maximum absolute atomic E-state index is 10.2. The van der Waals surface area contributed by atoms with E-state index in [-0.39, 0.29) is 12.8 Å². The molecule has 0 aliphatic rings. The minimum atomic E-state index is -0.0752. The van der Waals surface area contributed by atoms with Gasteiger partial charge in [-0.15, -0.1) is 11.3 Å². The molecule has 0 bridgehead atoms. The number of nitrogens with two attached hydrogens (primary N) is 1. The van der Waals surface area contributed by atoms with Gasteiger partial charge in [-0.25, -0.2) is 4.68 Å². The van der Waals surface area contributed by atoms with Gasteiger partial charge in [0, 0.05) is 10.6 Å². The van der Waals surface area contributed by atoms with Gasteiger partial charge in [0.25, 0.3) is 0 Å². The predicted molar refractivity (Wildman–Crippen MR) is 127 cm³/mol. The van der Waals surface area contributed by atoms with E-state index in [0.717, 1.165) is 70.0 Å². The van der Waals surface area contributed by atoms with E-state index in [1.165, 1.54) is 0 Å². The van der Waals surface area contributed by atoms with E-state index in [1.807, 2.05) is 22.9 Å². The molecule has 6 N–H and O–H groups in total. The van der Waals surface area contributed by atoms with Crippen LogP contribution in [-0.2, 0) is 13.0 Å². The van der Waals surface area contributed by atoms with Crippen LogP contribution in [0.5, 0.6) is 0 Å². The standard InChI is InChI=1S/C20H22BrCl2N3OS.H3N/c21-19-9-8-18(28-19)20-14(12-27)16(5-3-1-2-4-10-24)25-26(20)17-7-6-13(22)11-15(17)23;/h6-9,11,27H,1-5,10,12,24H2;1H3. The number of aliphatic hydroxyl groups excluding tert-OH is 1. The number of unbranched alkanes of at least 4 members (excludes halogenated alkanes) is 3. The van der Waals surface area contributed by atoms with E-state index in [9.17, 15) is 5.11 Å². The van der Waals surface area contributed by atoms with Gasteiger partial charge < -0.3 is 17.0 Å². The molecular formula is C20H25BrCl2N4OS. The predicted octanol–water partition coefficient (Wildman–Crippen LogP) is 6.39. The fourth-order valence-corrected chi connectivity index (χ4v) is 5.11. The number of benzene rings is 1. The van der Waals surface area contributed by atoms with Crippen molar-refractivity contribution in [2.24, 2.45) is 5.73 Å². The first-order valence-electron chi connectivity index (χ1n) is 9.18. The number of thiophene rings is 1. The Morgan fingerprint density at radius 3 is 2.48 bits per heavy atom. The highest BCUT2D eigenvalue weighted by Crippen LogP contribution is 2.38. The monoisotopic (exact) mass is 518 g/mol. The number of nitrogens with zero attached hydrogens (tertiary/aromatic N) is 2. The molecule has 0 atom stereocenters. The molecule has 2 heterocycles. The second-order valence-corrected chi connectivity index (χ2v) is 9.80. The van der Waals surface area contributed by atoms with E-state index in [0.29, 0.717) is 10.0 Å². The van der Waals surface area contributed by atoms with Gasteiger partial charge in [-0.2, -0.15) is 5.10 Å². The molecule has 29 heavy (non-hydrogen) atoms. The summed E-state index contributed by atoms with van der Waals surface area (Å²) < 4.78 is 2.85. The van der Waals surface area contributed by atoms with E-state index in [1.54, 1.807) is 23.5 Å². The topological polar surface area (TPSA) is 99.1 Å². The molecule has 3 rings (SSSR count). The molecule has 1 aromatic carbocycles. The van der Waals surface area contributed by atoms with Gasteiger partial charge in [0.05, 0.1) is 37.4 Å². The highest BCUT2D eigenvalue weighted by molar-refractivity contribution is 9.11. The summed E-state index contributed by atoms with van der Waals surface area (Å²) in [6, 6.07) is 9.38. The molecule has 0 aliphatic carbocycles. The molecule has 3 aromatic rings. The number of aryl methyl sites for hydroxylation is 1. The first kappa shape index (κ1) is 24.3. The molecule has 9 heteroatoms. The molecule has 0 unspecified atom stereocenters. The number of halogens is 3. The van der Waals surface area contributed by atoms with Crippen LogP contribution in [0.3, 0.4) is 0 Å². The average Bonchev–Trinajstić information content (AvgIpc) is 3.24. The second kappa shape index (κ2) is 11.5. The number of hydrogen-bond donors (Lipinski definition) is 3. The molecule has 0 fully saturated rings. The fraction of sp³-hybridized carbons (Fsp3) is 0.350. The van der Waals surface area contributed by atoms with Crippen molar-refractivity contribution in [2.75, 3.05) is 6.54 Å². The molecule has 158 valence electrons. The second-order valence-electron chi connectivity index (χ2n) is 6.50. The smallest absolute Gasteiger partial charge is 0.0899 e. The summed E-state index contributed by atoms with van der Waals surface area (Å²) in [5, 5.41) is 16.1. The van der Waals surface area contributed by atoms with Gasteiger partial charge in [0.15, 0.2) is 0 Å². The van der Waals surface area contributed by atoms with Gasteiger partial charge in [0.2, 0.25) is 0 Å². The van der Waals surface area contributed by atoms with Gasteiger partial charge in [-0.05, 0) is 72.1 Å². The maximum Gasteiger partial charge on any atom is 0.0899 e. The third-order valence-corrected chi connectivity index (χ3v) is 6.71. The lowest BCUT2D eigenvalue weighted by Crippen LogP contribution is -2.00. The Kier molecular flexibility index (Phi) is 9.62. The lowest BCUT2D eigenvalue weighted by Gasteiger charge is -2.09. The summed E-state index contributed by atoms with van der Waals surface area (Å²) in [5.41, 5.74) is 8.94. The van der Waals surface area contributed by atoms with Crippen molar-refractivity contribution in [3.05, 3.63) is 55.4 Å². The minimum absolute atomic E-state index is 0. The van der Waals surface area contributed by atoms with Crippen molar-refractivity contribution in [3.8, 4) is 16.3 Å². The average molecular weight is 520 g/mol. The number of rotatable bonds is 9. The van der Waals surface area contributed by atoms with Crippen LogP contribution >= 0.6 is 50.5 Å². The Morgan fingerprint density at radius 2 is 1.86 bits per heavy atom. The molecule has 0 spiro atoms. The largest absolute Gasteiger partial charge is 0.392 e. The van der Waals surface area contributed by atoms with Crippen LogP contribution in [0.15, 0.2) is 34.1 Å². The Bertz CT molecular complexity index is 945. The van der Waals surface area contributed by atoms with Gasteiger partial charge in [-0.1, -0.05) is 36.0 Å². The fourth-order valence-electron chi connectivity index (χ4n) is 3.17. The summed E-state index contributed by atoms with van der Waals surface area (Å²) in [6.45, 7) is 0.650. The summed E-state index contributed by atoms with van der Waals surface area (Å²) in [7, 11) is 0. The van der Waals surface area contributed by atoms with Crippen molar-refractivity contribution >= 4 is 50.5 Å². The Hall–Kier alpha value is -0.930. The van der Waals surface area contributed by atoms with Crippen molar-refractivity contribution in [2.45, 2.75) is 38.7 Å². The minimum Gasteiger partial charge on any atom is -0.392 e. The molecule has 0 saturated heterocycles. The Labute approximate surface area is 193 Å². The summed E-state index contributed by atoms with van der Waals surface area (Å²) in [4.78, 5) is 1.02. The molecule has 2 aromatic heterocycles. The van der Waals surface area contributed by atoms with E-state index in [4.69, 9.17) is 34.0 Å². The lowest BCUT2D eigenvalue weighted by molar-refractivity contribution is 0.281. The highest BCUT2D eigenvalue weighted by atomic mass is 79.9. The van der Waals surface area contributed by atoms with Crippen LogP contribution in [0.25, 0.3) is 16.3 Å². The van der Waals surface area contributed by atoms with Crippen LogP contribution in [0.1, 0.15) is 36.9 Å². The summed E-state index contributed by atoms with van der Waals surface area (Å²) >= 11 is 17.7. The zero-order valence-corrected chi connectivity index (χ0v) is 19.9. The molecule has 0 saturated carbocycles. The molecule has 0 aliphatic heterocycles. The van der Waals surface area contributed by atoms with Crippen LogP contribution in [0.4, 0.5) is 0 Å². The third-order valence-electron chi connectivity index (χ3n) is 4.54. The Balaban J connectivity index is 0.00000300. The molecule has 5 nitrogen and oxygen atoms in total. The number of aromatic nitrogens is 2. The van der Waals surface area contributed by atoms with E-state index in [2.05, 4.69) is 15.9 Å². The van der Waals surface area contributed by atoms with Crippen molar-refractivity contribution in [1.82, 2.24) is 15.9 Å². The van der Waals surface area contributed by atoms with Gasteiger partial charge in [0.1, 0.15) is 0 Å². The molecular weight excluding hydrogens is 495 g/mol. The van der Waals surface area contributed by atoms with E-state index >= 15 is 0 Å². The van der Waals surface area contributed by atoms with Crippen LogP contribution in [-0.4, -0.2) is 21.4 Å². The van der Waals surface area contributed by atoms with Crippen molar-refractivity contribution in [1.29, 1.82) is 0 Å². The van der Waals surface area contributed by atoms with Crippen molar-refractivity contribution < 1.29 is 5.11 Å². The quantitative estimate of drug-likeness (QED) is 0.285. The first-order valence-corrected chi connectivity index (χ1v) is 11.5. The normalized spacial score (nSPS) is 10.9.